The predicted octanol–water partition coefficient (Wildman–Crippen LogP) is 7.80. The Bertz CT molecular complexity index is 1290. The van der Waals surface area contributed by atoms with Crippen LogP contribution in [0.4, 0.5) is 4.39 Å². The van der Waals surface area contributed by atoms with Gasteiger partial charge in [-0.05, 0) is 123 Å². The fourth-order valence-electron chi connectivity index (χ4n) is 6.51. The molecule has 0 amide bonds. The first-order valence-electron chi connectivity index (χ1n) is 15.2. The van der Waals surface area contributed by atoms with Crippen LogP contribution in [0.3, 0.4) is 0 Å². The molecule has 4 nitrogen and oxygen atoms in total. The average Bonchev–Trinajstić information content (AvgIpc) is 3.00. The molecule has 5 heteroatoms. The molecule has 3 aromatic rings. The minimum absolute atomic E-state index is 0.149. The van der Waals surface area contributed by atoms with E-state index in [0.717, 1.165) is 50.1 Å². The second kappa shape index (κ2) is 14.0. The molecule has 3 aromatic carbocycles. The first-order chi connectivity index (χ1) is 19.9. The van der Waals surface area contributed by atoms with Crippen molar-refractivity contribution >= 4 is 5.78 Å². The lowest BCUT2D eigenvalue weighted by Gasteiger charge is -2.41. The second-order valence-electron chi connectivity index (χ2n) is 11.9. The highest BCUT2D eigenvalue weighted by Gasteiger charge is 2.29. The predicted molar refractivity (Wildman–Crippen MR) is 162 cm³/mol. The summed E-state index contributed by atoms with van der Waals surface area (Å²) in [5.74, 6) is 1.90. The van der Waals surface area contributed by atoms with E-state index < -0.39 is 0 Å². The zero-order chi connectivity index (χ0) is 28.6. The topological polar surface area (TPSA) is 49.8 Å². The van der Waals surface area contributed by atoms with Crippen molar-refractivity contribution in [2.45, 2.75) is 63.8 Å². The Kier molecular flexibility index (Phi) is 9.89. The number of rotatable bonds is 11. The molecule has 41 heavy (non-hydrogen) atoms. The van der Waals surface area contributed by atoms with Crippen LogP contribution in [0.5, 0.6) is 11.5 Å². The monoisotopic (exact) mass is 555 g/mol. The summed E-state index contributed by atoms with van der Waals surface area (Å²) in [6, 6.07) is 22.5. The SMILES string of the molecule is C=C(CCOc1ccccc1)C(=O)c1ccc(CC2CCN(C3CCC(Cc4ccc(F)cc4)CC3)CC2)c(O)c1. The average molecular weight is 556 g/mol. The van der Waals surface area contributed by atoms with Gasteiger partial charge in [0.25, 0.3) is 0 Å². The molecule has 1 N–H and O–H groups in total. The summed E-state index contributed by atoms with van der Waals surface area (Å²) < 4.78 is 18.9. The van der Waals surface area contributed by atoms with Crippen LogP contribution in [0.15, 0.2) is 84.9 Å². The van der Waals surface area contributed by atoms with E-state index >= 15 is 0 Å². The first-order valence-corrected chi connectivity index (χ1v) is 15.2. The highest BCUT2D eigenvalue weighted by Crippen LogP contribution is 2.34. The Morgan fingerprint density at radius 3 is 2.24 bits per heavy atom. The number of carbonyl (C=O) groups is 1. The molecular formula is C36H42FNO3. The summed E-state index contributed by atoms with van der Waals surface area (Å²) in [4.78, 5) is 15.5. The summed E-state index contributed by atoms with van der Waals surface area (Å²) in [7, 11) is 0. The smallest absolute Gasteiger partial charge is 0.188 e. The number of piperidine rings is 1. The van der Waals surface area contributed by atoms with E-state index in [0.29, 0.717) is 42.0 Å². The van der Waals surface area contributed by atoms with E-state index in [-0.39, 0.29) is 17.3 Å². The van der Waals surface area contributed by atoms with Gasteiger partial charge in [-0.1, -0.05) is 49.0 Å². The zero-order valence-electron chi connectivity index (χ0n) is 23.9. The Balaban J connectivity index is 1.03. The first kappa shape index (κ1) is 29.1. The van der Waals surface area contributed by atoms with Crippen LogP contribution in [0.25, 0.3) is 0 Å². The van der Waals surface area contributed by atoms with E-state index in [4.69, 9.17) is 4.74 Å². The number of ketones is 1. The van der Waals surface area contributed by atoms with E-state index in [9.17, 15) is 14.3 Å². The Labute approximate surface area is 243 Å². The lowest BCUT2D eigenvalue weighted by atomic mass is 9.80. The van der Waals surface area contributed by atoms with Crippen molar-refractivity contribution < 1.29 is 19.0 Å². The number of phenols is 1. The highest BCUT2D eigenvalue weighted by atomic mass is 19.1. The number of ether oxygens (including phenoxy) is 1. The third-order valence-electron chi connectivity index (χ3n) is 9.01. The normalized spacial score (nSPS) is 20.0. The van der Waals surface area contributed by atoms with Crippen molar-refractivity contribution in [3.05, 3.63) is 107 Å². The zero-order valence-corrected chi connectivity index (χ0v) is 23.9. The van der Waals surface area contributed by atoms with Crippen LogP contribution in [-0.4, -0.2) is 41.5 Å². The minimum Gasteiger partial charge on any atom is -0.508 e. The van der Waals surface area contributed by atoms with Crippen molar-refractivity contribution in [2.24, 2.45) is 11.8 Å². The molecule has 2 fully saturated rings. The summed E-state index contributed by atoms with van der Waals surface area (Å²) in [5.41, 5.74) is 3.11. The largest absolute Gasteiger partial charge is 0.508 e. The number of hydrogen-bond donors (Lipinski definition) is 1. The maximum absolute atomic E-state index is 13.2. The summed E-state index contributed by atoms with van der Waals surface area (Å²) >= 11 is 0. The quantitative estimate of drug-likeness (QED) is 0.194. The van der Waals surface area contributed by atoms with Gasteiger partial charge >= 0.3 is 0 Å². The van der Waals surface area contributed by atoms with Crippen LogP contribution >= 0.6 is 0 Å². The molecule has 216 valence electrons. The Morgan fingerprint density at radius 2 is 1.56 bits per heavy atom. The number of Topliss-reactive ketones (excluding diaryl/α,β-unsaturated/α-hetero) is 1. The number of halogens is 1. The van der Waals surface area contributed by atoms with Crippen molar-refractivity contribution in [3.63, 3.8) is 0 Å². The fourth-order valence-corrected chi connectivity index (χ4v) is 6.51. The minimum atomic E-state index is -0.161. The van der Waals surface area contributed by atoms with Crippen molar-refractivity contribution in [1.29, 1.82) is 0 Å². The molecular weight excluding hydrogens is 513 g/mol. The summed E-state index contributed by atoms with van der Waals surface area (Å²) in [6.07, 6.45) is 9.57. The van der Waals surface area contributed by atoms with Crippen LogP contribution in [0.2, 0.25) is 0 Å². The molecule has 0 spiro atoms. The molecule has 1 aliphatic heterocycles. The maximum Gasteiger partial charge on any atom is 0.188 e. The van der Waals surface area contributed by atoms with Crippen molar-refractivity contribution in [1.82, 2.24) is 4.90 Å². The van der Waals surface area contributed by atoms with Gasteiger partial charge in [0.05, 0.1) is 6.61 Å². The molecule has 2 aliphatic rings. The van der Waals surface area contributed by atoms with Gasteiger partial charge in [0.2, 0.25) is 0 Å². The third kappa shape index (κ3) is 8.07. The van der Waals surface area contributed by atoms with Crippen LogP contribution in [0, 0.1) is 17.7 Å². The van der Waals surface area contributed by atoms with Gasteiger partial charge in [0, 0.05) is 18.0 Å². The van der Waals surface area contributed by atoms with Crippen LogP contribution in [-0.2, 0) is 12.8 Å². The molecule has 1 aliphatic carbocycles. The van der Waals surface area contributed by atoms with Gasteiger partial charge in [-0.3, -0.25) is 4.79 Å². The van der Waals surface area contributed by atoms with Gasteiger partial charge in [0.15, 0.2) is 5.78 Å². The van der Waals surface area contributed by atoms with Gasteiger partial charge in [0.1, 0.15) is 17.3 Å². The number of likely N-dealkylation sites (tertiary alicyclic amines) is 1. The molecule has 1 saturated heterocycles. The molecule has 1 saturated carbocycles. The van der Waals surface area contributed by atoms with Gasteiger partial charge in [-0.15, -0.1) is 0 Å². The van der Waals surface area contributed by atoms with Crippen LogP contribution < -0.4 is 4.74 Å². The molecule has 0 radical (unpaired) electrons. The number of para-hydroxylation sites is 1. The molecule has 0 unspecified atom stereocenters. The number of carbonyl (C=O) groups excluding carboxylic acids is 1. The lowest BCUT2D eigenvalue weighted by Crippen LogP contribution is -2.43. The molecule has 1 heterocycles. The second-order valence-corrected chi connectivity index (χ2v) is 11.9. The number of phenolic OH excluding ortho intramolecular Hbond substituents is 1. The highest BCUT2D eigenvalue weighted by molar-refractivity contribution is 6.08. The number of aromatic hydroxyl groups is 1. The van der Waals surface area contributed by atoms with E-state index in [2.05, 4.69) is 11.5 Å². The van der Waals surface area contributed by atoms with Crippen LogP contribution in [0.1, 0.15) is 66.4 Å². The summed E-state index contributed by atoms with van der Waals surface area (Å²) in [5, 5.41) is 10.7. The van der Waals surface area contributed by atoms with Gasteiger partial charge < -0.3 is 14.7 Å². The van der Waals surface area contributed by atoms with E-state index in [1.165, 1.54) is 31.2 Å². The van der Waals surface area contributed by atoms with Crippen molar-refractivity contribution in [2.75, 3.05) is 19.7 Å². The van der Waals surface area contributed by atoms with Crippen molar-refractivity contribution in [3.8, 4) is 11.5 Å². The number of hydrogen-bond acceptors (Lipinski definition) is 4. The van der Waals surface area contributed by atoms with E-state index in [1.807, 2.05) is 54.6 Å². The van der Waals surface area contributed by atoms with Gasteiger partial charge in [-0.2, -0.15) is 0 Å². The molecule has 5 rings (SSSR count). The number of nitrogens with zero attached hydrogens (tertiary/aromatic N) is 1. The standard InChI is InChI=1S/C36H42FNO3/c1-26(19-22-41-34-5-3-2-4-6-34)36(40)31-12-11-30(35(39)25-31)24-29-17-20-38(21-18-29)33-15-9-28(10-16-33)23-27-7-13-32(37)14-8-27/h2-8,11-14,25,28-29,33,39H,1,9-10,15-24H2. The summed E-state index contributed by atoms with van der Waals surface area (Å²) in [6.45, 7) is 6.56. The molecule has 0 aromatic heterocycles. The molecule has 0 atom stereocenters. The fraction of sp³-hybridized carbons (Fsp3) is 0.417. The lowest BCUT2D eigenvalue weighted by molar-refractivity contribution is 0.0942. The number of benzene rings is 3. The molecule has 0 bridgehead atoms. The Morgan fingerprint density at radius 1 is 0.878 bits per heavy atom. The third-order valence-corrected chi connectivity index (χ3v) is 9.01. The van der Waals surface area contributed by atoms with E-state index in [1.54, 1.807) is 18.2 Å². The maximum atomic E-state index is 13.2. The van der Waals surface area contributed by atoms with Gasteiger partial charge in [-0.25, -0.2) is 4.39 Å². The Hall–Kier alpha value is -3.44.